The quantitative estimate of drug-likeness (QED) is 0.775. The molecule has 0 saturated carbocycles. The number of hydrogen-bond donors (Lipinski definition) is 2. The second-order valence-corrected chi connectivity index (χ2v) is 3.64. The normalized spacial score (nSPS) is 14.6. The van der Waals surface area contributed by atoms with Crippen molar-refractivity contribution in [1.82, 2.24) is 5.32 Å². The molecule has 0 bridgehead atoms. The average molecular weight is 210 g/mol. The van der Waals surface area contributed by atoms with Crippen LogP contribution in [-0.4, -0.2) is 11.9 Å². The van der Waals surface area contributed by atoms with Crippen molar-refractivity contribution in [2.75, 3.05) is 0 Å². The Morgan fingerprint density at radius 2 is 2.40 bits per heavy atom. The van der Waals surface area contributed by atoms with Crippen molar-refractivity contribution in [3.05, 3.63) is 24.2 Å². The third-order valence-electron chi connectivity index (χ3n) is 2.27. The van der Waals surface area contributed by atoms with Gasteiger partial charge in [-0.25, -0.2) is 0 Å². The molecular formula is C11H18N2O2. The fourth-order valence-corrected chi connectivity index (χ4v) is 1.37. The van der Waals surface area contributed by atoms with Crippen molar-refractivity contribution in [3.8, 4) is 0 Å². The van der Waals surface area contributed by atoms with Gasteiger partial charge < -0.3 is 15.5 Å². The van der Waals surface area contributed by atoms with Crippen LogP contribution in [0.1, 0.15) is 38.5 Å². The van der Waals surface area contributed by atoms with Crippen molar-refractivity contribution < 1.29 is 9.21 Å². The summed E-state index contributed by atoms with van der Waals surface area (Å²) >= 11 is 0. The summed E-state index contributed by atoms with van der Waals surface area (Å²) in [6.07, 6.45) is 3.20. The monoisotopic (exact) mass is 210 g/mol. The maximum Gasteiger partial charge on any atom is 0.237 e. The van der Waals surface area contributed by atoms with Gasteiger partial charge in [-0.15, -0.1) is 0 Å². The number of nitrogens with one attached hydrogen (secondary N) is 1. The molecule has 4 nitrogen and oxygen atoms in total. The molecule has 84 valence electrons. The van der Waals surface area contributed by atoms with Gasteiger partial charge in [-0.2, -0.15) is 0 Å². The molecule has 0 aromatic carbocycles. The van der Waals surface area contributed by atoms with Gasteiger partial charge in [-0.1, -0.05) is 13.3 Å². The number of furan rings is 1. The summed E-state index contributed by atoms with van der Waals surface area (Å²) < 4.78 is 5.18. The van der Waals surface area contributed by atoms with E-state index in [1.807, 2.05) is 19.9 Å². The molecule has 0 aliphatic carbocycles. The van der Waals surface area contributed by atoms with Gasteiger partial charge in [0.1, 0.15) is 5.76 Å². The molecule has 1 aromatic heterocycles. The number of rotatable bonds is 5. The van der Waals surface area contributed by atoms with Crippen LogP contribution in [0.2, 0.25) is 0 Å². The van der Waals surface area contributed by atoms with Crippen molar-refractivity contribution in [2.45, 2.75) is 38.8 Å². The molecule has 15 heavy (non-hydrogen) atoms. The highest BCUT2D eigenvalue weighted by atomic mass is 16.3. The lowest BCUT2D eigenvalue weighted by molar-refractivity contribution is -0.123. The highest BCUT2D eigenvalue weighted by Crippen LogP contribution is 2.12. The first kappa shape index (κ1) is 11.8. The number of amides is 1. The van der Waals surface area contributed by atoms with Crippen LogP contribution in [0.3, 0.4) is 0 Å². The van der Waals surface area contributed by atoms with Gasteiger partial charge in [-0.05, 0) is 25.5 Å². The lowest BCUT2D eigenvalue weighted by Gasteiger charge is -2.15. The van der Waals surface area contributed by atoms with E-state index in [4.69, 9.17) is 10.2 Å². The van der Waals surface area contributed by atoms with Gasteiger partial charge >= 0.3 is 0 Å². The molecule has 3 N–H and O–H groups in total. The number of carbonyl (C=O) groups is 1. The van der Waals surface area contributed by atoms with Crippen LogP contribution < -0.4 is 11.1 Å². The fourth-order valence-electron chi connectivity index (χ4n) is 1.37. The van der Waals surface area contributed by atoms with Crippen molar-refractivity contribution in [1.29, 1.82) is 0 Å². The van der Waals surface area contributed by atoms with Crippen molar-refractivity contribution in [3.63, 3.8) is 0 Å². The Morgan fingerprint density at radius 3 is 2.93 bits per heavy atom. The molecular weight excluding hydrogens is 192 g/mol. The molecule has 1 aromatic rings. The summed E-state index contributed by atoms with van der Waals surface area (Å²) in [6.45, 7) is 3.87. The SMILES string of the molecule is CCCC(N)C(=O)N[C@@H](C)c1ccco1. The molecule has 0 aliphatic heterocycles. The standard InChI is InChI=1S/C11H18N2O2/c1-3-5-9(12)11(14)13-8(2)10-6-4-7-15-10/h4,6-9H,3,5,12H2,1-2H3,(H,13,14)/t8-,9?/m0/s1. The first-order valence-corrected chi connectivity index (χ1v) is 5.24. The van der Waals surface area contributed by atoms with Crippen LogP contribution >= 0.6 is 0 Å². The first-order chi connectivity index (χ1) is 7.15. The first-order valence-electron chi connectivity index (χ1n) is 5.24. The van der Waals surface area contributed by atoms with Crippen LogP contribution in [0.4, 0.5) is 0 Å². The van der Waals surface area contributed by atoms with E-state index < -0.39 is 6.04 Å². The molecule has 4 heteroatoms. The summed E-state index contributed by atoms with van der Waals surface area (Å²) in [7, 11) is 0. The second-order valence-electron chi connectivity index (χ2n) is 3.64. The van der Waals surface area contributed by atoms with Gasteiger partial charge in [0, 0.05) is 0 Å². The lowest BCUT2D eigenvalue weighted by atomic mass is 10.1. The molecule has 1 amide bonds. The van der Waals surface area contributed by atoms with E-state index in [9.17, 15) is 4.79 Å². The minimum absolute atomic E-state index is 0.124. The second kappa shape index (κ2) is 5.56. The number of nitrogens with two attached hydrogens (primary N) is 1. The smallest absolute Gasteiger partial charge is 0.237 e. The lowest BCUT2D eigenvalue weighted by Crippen LogP contribution is -2.41. The van der Waals surface area contributed by atoms with Crippen LogP contribution in [0, 0.1) is 0 Å². The average Bonchev–Trinajstić information content (AvgIpc) is 2.70. The van der Waals surface area contributed by atoms with Crippen LogP contribution in [0.25, 0.3) is 0 Å². The zero-order chi connectivity index (χ0) is 11.3. The summed E-state index contributed by atoms with van der Waals surface area (Å²) in [5, 5.41) is 2.81. The molecule has 1 heterocycles. The Bertz CT molecular complexity index is 296. The molecule has 0 radical (unpaired) electrons. The van der Waals surface area contributed by atoms with Gasteiger partial charge in [0.15, 0.2) is 0 Å². The highest BCUT2D eigenvalue weighted by Gasteiger charge is 2.16. The Hall–Kier alpha value is -1.29. The summed E-state index contributed by atoms with van der Waals surface area (Å²) in [5.74, 6) is 0.618. The van der Waals surface area contributed by atoms with Crippen molar-refractivity contribution in [2.24, 2.45) is 5.73 Å². The molecule has 0 spiro atoms. The molecule has 0 fully saturated rings. The maximum absolute atomic E-state index is 11.6. The largest absolute Gasteiger partial charge is 0.467 e. The van der Waals surface area contributed by atoms with E-state index in [1.54, 1.807) is 12.3 Å². The fraction of sp³-hybridized carbons (Fsp3) is 0.545. The van der Waals surface area contributed by atoms with Gasteiger partial charge in [-0.3, -0.25) is 4.79 Å². The third-order valence-corrected chi connectivity index (χ3v) is 2.27. The molecule has 1 rings (SSSR count). The van der Waals surface area contributed by atoms with E-state index in [1.165, 1.54) is 0 Å². The minimum atomic E-state index is -0.424. The maximum atomic E-state index is 11.6. The topological polar surface area (TPSA) is 68.3 Å². The van der Waals surface area contributed by atoms with Gasteiger partial charge in [0.2, 0.25) is 5.91 Å². The zero-order valence-electron chi connectivity index (χ0n) is 9.19. The minimum Gasteiger partial charge on any atom is -0.467 e. The van der Waals surface area contributed by atoms with Crippen molar-refractivity contribution >= 4 is 5.91 Å². The van der Waals surface area contributed by atoms with Gasteiger partial charge in [0.25, 0.3) is 0 Å². The molecule has 1 unspecified atom stereocenters. The molecule has 0 saturated heterocycles. The van der Waals surface area contributed by atoms with E-state index in [-0.39, 0.29) is 11.9 Å². The van der Waals surface area contributed by atoms with Crippen LogP contribution in [0.15, 0.2) is 22.8 Å². The van der Waals surface area contributed by atoms with E-state index in [0.29, 0.717) is 6.42 Å². The summed E-state index contributed by atoms with van der Waals surface area (Å²) in [5.41, 5.74) is 5.69. The predicted octanol–water partition coefficient (Wildman–Crippen LogP) is 1.58. The van der Waals surface area contributed by atoms with Crippen LogP contribution in [0.5, 0.6) is 0 Å². The number of carbonyl (C=O) groups excluding carboxylic acids is 1. The Kier molecular flexibility index (Phi) is 4.37. The van der Waals surface area contributed by atoms with Gasteiger partial charge in [0.05, 0.1) is 18.3 Å². The zero-order valence-corrected chi connectivity index (χ0v) is 9.19. The Morgan fingerprint density at radius 1 is 1.67 bits per heavy atom. The predicted molar refractivity (Wildman–Crippen MR) is 58.1 cm³/mol. The van der Waals surface area contributed by atoms with E-state index in [0.717, 1.165) is 12.2 Å². The Balaban J connectivity index is 2.44. The van der Waals surface area contributed by atoms with Crippen LogP contribution in [-0.2, 0) is 4.79 Å². The van der Waals surface area contributed by atoms with E-state index >= 15 is 0 Å². The number of hydrogen-bond acceptors (Lipinski definition) is 3. The summed E-state index contributed by atoms with van der Waals surface area (Å²) in [4.78, 5) is 11.6. The molecule has 0 aliphatic rings. The highest BCUT2D eigenvalue weighted by molar-refractivity contribution is 5.81. The summed E-state index contributed by atoms with van der Waals surface area (Å²) in [6, 6.07) is 3.07. The van der Waals surface area contributed by atoms with E-state index in [2.05, 4.69) is 5.32 Å². The Labute approximate surface area is 89.8 Å². The third kappa shape index (κ3) is 3.40. The molecule has 2 atom stereocenters.